The van der Waals surface area contributed by atoms with Gasteiger partial charge in [-0.1, -0.05) is 31.0 Å². The van der Waals surface area contributed by atoms with E-state index in [4.69, 9.17) is 4.74 Å². The van der Waals surface area contributed by atoms with Crippen molar-refractivity contribution in [2.45, 2.75) is 38.1 Å². The third-order valence-corrected chi connectivity index (χ3v) is 5.81. The monoisotopic (exact) mass is 386 g/mol. The molecule has 1 aromatic heterocycles. The first kappa shape index (κ1) is 19.4. The minimum Gasteiger partial charge on any atom is -0.497 e. The first-order chi connectivity index (χ1) is 13.2. The highest BCUT2D eigenvalue weighted by Gasteiger charge is 2.26. The predicted octanol–water partition coefficient (Wildman–Crippen LogP) is 4.02. The number of benzene rings is 1. The molecule has 144 valence electrons. The maximum Gasteiger partial charge on any atom is 0.261 e. The zero-order valence-electron chi connectivity index (χ0n) is 15.6. The van der Waals surface area contributed by atoms with Gasteiger partial charge in [-0.25, -0.2) is 0 Å². The maximum atomic E-state index is 12.9. The molecule has 1 aromatic carbocycles. The van der Waals surface area contributed by atoms with Crippen molar-refractivity contribution >= 4 is 23.2 Å². The average Bonchev–Trinajstić information content (AvgIpc) is 3.12. The molecule has 2 heterocycles. The number of ether oxygens (including phenoxy) is 1. The second kappa shape index (κ2) is 9.55. The Morgan fingerprint density at radius 3 is 2.70 bits per heavy atom. The molecule has 0 radical (unpaired) electrons. The maximum absolute atomic E-state index is 12.9. The number of carbonyl (C=O) groups excluding carboxylic acids is 2. The van der Waals surface area contributed by atoms with E-state index in [1.165, 1.54) is 11.3 Å². The van der Waals surface area contributed by atoms with Gasteiger partial charge >= 0.3 is 0 Å². The summed E-state index contributed by atoms with van der Waals surface area (Å²) in [6, 6.07) is 11.7. The van der Waals surface area contributed by atoms with Crippen LogP contribution in [0.2, 0.25) is 0 Å². The number of hydrogen-bond acceptors (Lipinski definition) is 4. The van der Waals surface area contributed by atoms with Crippen molar-refractivity contribution in [3.8, 4) is 5.75 Å². The van der Waals surface area contributed by atoms with Gasteiger partial charge in [0.25, 0.3) is 5.91 Å². The topological polar surface area (TPSA) is 58.6 Å². The second-order valence-electron chi connectivity index (χ2n) is 6.71. The van der Waals surface area contributed by atoms with Gasteiger partial charge in [-0.3, -0.25) is 9.59 Å². The lowest BCUT2D eigenvalue weighted by molar-refractivity contribution is -0.133. The molecule has 5 nitrogen and oxygen atoms in total. The lowest BCUT2D eigenvalue weighted by Crippen LogP contribution is -2.37. The predicted molar refractivity (Wildman–Crippen MR) is 107 cm³/mol. The van der Waals surface area contributed by atoms with Crippen LogP contribution in [0.3, 0.4) is 0 Å². The minimum absolute atomic E-state index is 0.0962. The fraction of sp³-hybridized carbons (Fsp3) is 0.429. The van der Waals surface area contributed by atoms with Crippen LogP contribution in [0, 0.1) is 0 Å². The first-order valence-corrected chi connectivity index (χ1v) is 10.3. The SMILES string of the molecule is COc1ccc(C2CCCCCN2C(=O)CCNC(=O)c2cccs2)cc1. The van der Waals surface area contributed by atoms with E-state index in [1.807, 2.05) is 40.6 Å². The van der Waals surface area contributed by atoms with Crippen LogP contribution in [0.15, 0.2) is 41.8 Å². The summed E-state index contributed by atoms with van der Waals surface area (Å²) in [5, 5.41) is 4.72. The summed E-state index contributed by atoms with van der Waals surface area (Å²) in [6.07, 6.45) is 4.59. The Morgan fingerprint density at radius 2 is 2.00 bits per heavy atom. The Kier molecular flexibility index (Phi) is 6.87. The van der Waals surface area contributed by atoms with Crippen molar-refractivity contribution < 1.29 is 14.3 Å². The number of rotatable bonds is 6. The molecule has 1 atom stereocenters. The van der Waals surface area contributed by atoms with Gasteiger partial charge in [0, 0.05) is 19.5 Å². The smallest absolute Gasteiger partial charge is 0.261 e. The van der Waals surface area contributed by atoms with Crippen molar-refractivity contribution in [1.82, 2.24) is 10.2 Å². The van der Waals surface area contributed by atoms with Gasteiger partial charge in [0.2, 0.25) is 5.91 Å². The van der Waals surface area contributed by atoms with Gasteiger partial charge < -0.3 is 15.0 Å². The summed E-state index contributed by atoms with van der Waals surface area (Å²) in [4.78, 5) is 27.6. The molecule has 0 saturated carbocycles. The Balaban J connectivity index is 1.61. The van der Waals surface area contributed by atoms with Crippen LogP contribution < -0.4 is 10.1 Å². The lowest BCUT2D eigenvalue weighted by Gasteiger charge is -2.31. The van der Waals surface area contributed by atoms with Crippen LogP contribution in [0.25, 0.3) is 0 Å². The number of nitrogens with one attached hydrogen (secondary N) is 1. The summed E-state index contributed by atoms with van der Waals surface area (Å²) < 4.78 is 5.24. The van der Waals surface area contributed by atoms with E-state index in [2.05, 4.69) is 5.32 Å². The largest absolute Gasteiger partial charge is 0.497 e. The van der Waals surface area contributed by atoms with Crippen molar-refractivity contribution in [1.29, 1.82) is 0 Å². The summed E-state index contributed by atoms with van der Waals surface area (Å²) in [6.45, 7) is 1.13. The van der Waals surface area contributed by atoms with Crippen molar-refractivity contribution in [2.24, 2.45) is 0 Å². The fourth-order valence-electron chi connectivity index (χ4n) is 3.50. The molecule has 27 heavy (non-hydrogen) atoms. The van der Waals surface area contributed by atoms with Crippen LogP contribution >= 0.6 is 11.3 Å². The van der Waals surface area contributed by atoms with Crippen molar-refractivity contribution in [3.05, 3.63) is 52.2 Å². The zero-order chi connectivity index (χ0) is 19.1. The quantitative estimate of drug-likeness (QED) is 0.816. The highest BCUT2D eigenvalue weighted by atomic mass is 32.1. The Bertz CT molecular complexity index is 743. The average molecular weight is 387 g/mol. The molecular weight excluding hydrogens is 360 g/mol. The molecule has 1 N–H and O–H groups in total. The fourth-order valence-corrected chi connectivity index (χ4v) is 4.14. The van der Waals surface area contributed by atoms with E-state index in [-0.39, 0.29) is 17.9 Å². The summed E-state index contributed by atoms with van der Waals surface area (Å²) in [5.74, 6) is 0.811. The van der Waals surface area contributed by atoms with Crippen LogP contribution in [0.1, 0.15) is 53.4 Å². The normalized spacial score (nSPS) is 17.2. The summed E-state index contributed by atoms with van der Waals surface area (Å²) in [7, 11) is 1.65. The van der Waals surface area contributed by atoms with E-state index in [0.717, 1.165) is 43.5 Å². The molecule has 1 unspecified atom stereocenters. The van der Waals surface area contributed by atoms with Crippen molar-refractivity contribution in [2.75, 3.05) is 20.2 Å². The Morgan fingerprint density at radius 1 is 1.19 bits per heavy atom. The van der Waals surface area contributed by atoms with E-state index in [9.17, 15) is 9.59 Å². The number of thiophene rings is 1. The van der Waals surface area contributed by atoms with E-state index >= 15 is 0 Å². The molecule has 6 heteroatoms. The van der Waals surface area contributed by atoms with E-state index in [0.29, 0.717) is 17.8 Å². The number of likely N-dealkylation sites (tertiary alicyclic amines) is 1. The molecular formula is C21H26N2O3S. The number of carbonyl (C=O) groups is 2. The standard InChI is InChI=1S/C21H26N2O3S/c1-26-17-10-8-16(9-11-17)18-6-3-2-4-14-23(18)20(24)12-13-22-21(25)19-7-5-15-27-19/h5,7-11,15,18H,2-4,6,12-14H2,1H3,(H,22,25). The van der Waals surface area contributed by atoms with Gasteiger partial charge in [0.05, 0.1) is 18.0 Å². The molecule has 1 saturated heterocycles. The van der Waals surface area contributed by atoms with Gasteiger partial charge in [0.15, 0.2) is 0 Å². The lowest BCUT2D eigenvalue weighted by atomic mass is 10.0. The third kappa shape index (κ3) is 5.10. The molecule has 2 aromatic rings. The highest BCUT2D eigenvalue weighted by Crippen LogP contribution is 2.31. The minimum atomic E-state index is -0.111. The molecule has 0 bridgehead atoms. The summed E-state index contributed by atoms with van der Waals surface area (Å²) >= 11 is 1.40. The molecule has 1 aliphatic heterocycles. The number of amides is 2. The molecule has 3 rings (SSSR count). The van der Waals surface area contributed by atoms with Gasteiger partial charge in [0.1, 0.15) is 5.75 Å². The van der Waals surface area contributed by atoms with E-state index in [1.54, 1.807) is 13.2 Å². The van der Waals surface area contributed by atoms with Gasteiger partial charge in [-0.05, 0) is 42.0 Å². The zero-order valence-corrected chi connectivity index (χ0v) is 16.5. The van der Waals surface area contributed by atoms with Crippen LogP contribution in [0.4, 0.5) is 0 Å². The van der Waals surface area contributed by atoms with Gasteiger partial charge in [-0.15, -0.1) is 11.3 Å². The van der Waals surface area contributed by atoms with Crippen molar-refractivity contribution in [3.63, 3.8) is 0 Å². The molecule has 0 aliphatic carbocycles. The second-order valence-corrected chi connectivity index (χ2v) is 7.66. The molecule has 2 amide bonds. The highest BCUT2D eigenvalue weighted by molar-refractivity contribution is 7.12. The molecule has 1 aliphatic rings. The van der Waals surface area contributed by atoms with Crippen LogP contribution in [-0.2, 0) is 4.79 Å². The molecule has 0 spiro atoms. The van der Waals surface area contributed by atoms with Gasteiger partial charge in [-0.2, -0.15) is 0 Å². The summed E-state index contributed by atoms with van der Waals surface area (Å²) in [5.41, 5.74) is 1.15. The number of hydrogen-bond donors (Lipinski definition) is 1. The first-order valence-electron chi connectivity index (χ1n) is 9.44. The number of methoxy groups -OCH3 is 1. The van der Waals surface area contributed by atoms with E-state index < -0.39 is 0 Å². The third-order valence-electron chi connectivity index (χ3n) is 4.94. The van der Waals surface area contributed by atoms with Crippen LogP contribution in [0.5, 0.6) is 5.75 Å². The number of nitrogens with zero attached hydrogens (tertiary/aromatic N) is 1. The Hall–Kier alpha value is -2.34. The Labute approximate surface area is 164 Å². The molecule has 1 fully saturated rings. The van der Waals surface area contributed by atoms with Crippen LogP contribution in [-0.4, -0.2) is 36.9 Å².